The van der Waals surface area contributed by atoms with Gasteiger partial charge in [-0.25, -0.2) is 9.18 Å². The van der Waals surface area contributed by atoms with Gasteiger partial charge in [-0.15, -0.1) is 0 Å². The number of hydrogen-bond acceptors (Lipinski definition) is 5. The number of nitrogens with one attached hydrogen (secondary N) is 1. The van der Waals surface area contributed by atoms with E-state index in [4.69, 9.17) is 9.47 Å². The second-order valence-electron chi connectivity index (χ2n) is 5.81. The summed E-state index contributed by atoms with van der Waals surface area (Å²) in [5.41, 5.74) is 0.792. The first kappa shape index (κ1) is 20.6. The predicted octanol–water partition coefficient (Wildman–Crippen LogP) is 2.68. The van der Waals surface area contributed by atoms with Crippen molar-refractivity contribution in [1.29, 1.82) is 0 Å². The molecule has 0 aromatic heterocycles. The highest BCUT2D eigenvalue weighted by Gasteiger charge is 2.22. The smallest absolute Gasteiger partial charge is 0.407 e. The van der Waals surface area contributed by atoms with Crippen molar-refractivity contribution in [3.63, 3.8) is 0 Å². The molecule has 2 rings (SSSR count). The van der Waals surface area contributed by atoms with Gasteiger partial charge in [-0.05, 0) is 29.7 Å². The largest absolute Gasteiger partial charge is 0.494 e. The third-order valence-electron chi connectivity index (χ3n) is 3.87. The van der Waals surface area contributed by atoms with Crippen LogP contribution < -0.4 is 10.1 Å². The van der Waals surface area contributed by atoms with E-state index in [9.17, 15) is 23.8 Å². The molecule has 0 aliphatic rings. The van der Waals surface area contributed by atoms with Crippen LogP contribution in [0.3, 0.4) is 0 Å². The number of hydrogen-bond donors (Lipinski definition) is 3. The summed E-state index contributed by atoms with van der Waals surface area (Å²) in [5, 5.41) is 22.6. The molecule has 0 heterocycles. The predicted molar refractivity (Wildman–Crippen MR) is 93.1 cm³/mol. The number of benzene rings is 2. The third kappa shape index (κ3) is 5.90. The molecule has 0 saturated carbocycles. The number of aliphatic hydroxyl groups is 2. The van der Waals surface area contributed by atoms with Gasteiger partial charge >= 0.3 is 6.09 Å². The summed E-state index contributed by atoms with van der Waals surface area (Å²) in [6.45, 7) is 0.124. The standard InChI is InChI=1S/C19H21F2NO5/c1-26-16-10-13(9-14(20)17(16)21)18(24)15(23)7-8-22-19(25)27-11-12-5-3-2-4-6-12/h2-6,9-10,15,18,23-24H,7-8,11H2,1H3,(H,22,25). The van der Waals surface area contributed by atoms with Crippen molar-refractivity contribution in [3.8, 4) is 5.75 Å². The molecule has 6 nitrogen and oxygen atoms in total. The zero-order valence-electron chi connectivity index (χ0n) is 14.7. The van der Waals surface area contributed by atoms with Gasteiger partial charge in [0.2, 0.25) is 5.82 Å². The summed E-state index contributed by atoms with van der Waals surface area (Å²) in [4.78, 5) is 11.6. The van der Waals surface area contributed by atoms with Crippen molar-refractivity contribution in [2.45, 2.75) is 25.2 Å². The molecule has 2 aromatic carbocycles. The highest BCUT2D eigenvalue weighted by molar-refractivity contribution is 5.67. The summed E-state index contributed by atoms with van der Waals surface area (Å²) >= 11 is 0. The van der Waals surface area contributed by atoms with E-state index >= 15 is 0 Å². The summed E-state index contributed by atoms with van der Waals surface area (Å²) in [6, 6.07) is 11.0. The second-order valence-corrected chi connectivity index (χ2v) is 5.81. The van der Waals surface area contributed by atoms with Gasteiger partial charge in [0.1, 0.15) is 12.7 Å². The first-order valence-corrected chi connectivity index (χ1v) is 8.26. The van der Waals surface area contributed by atoms with Crippen LogP contribution >= 0.6 is 0 Å². The Morgan fingerprint density at radius 3 is 2.56 bits per heavy atom. The molecule has 3 N–H and O–H groups in total. The number of carbonyl (C=O) groups is 1. The van der Waals surface area contributed by atoms with Gasteiger partial charge in [-0.2, -0.15) is 4.39 Å². The van der Waals surface area contributed by atoms with Crippen LogP contribution in [0.15, 0.2) is 42.5 Å². The molecule has 27 heavy (non-hydrogen) atoms. The molecule has 0 aliphatic heterocycles. The van der Waals surface area contributed by atoms with Gasteiger partial charge in [0, 0.05) is 6.54 Å². The first-order valence-electron chi connectivity index (χ1n) is 8.26. The minimum absolute atomic E-state index is 0.0205. The lowest BCUT2D eigenvalue weighted by atomic mass is 10.0. The molecular weight excluding hydrogens is 360 g/mol. The molecule has 0 saturated heterocycles. The van der Waals surface area contributed by atoms with E-state index in [2.05, 4.69) is 5.32 Å². The number of methoxy groups -OCH3 is 1. The summed E-state index contributed by atoms with van der Waals surface area (Å²) < 4.78 is 36.6. The number of ether oxygens (including phenoxy) is 2. The van der Waals surface area contributed by atoms with Gasteiger partial charge in [-0.1, -0.05) is 30.3 Å². The van der Waals surface area contributed by atoms with E-state index in [0.717, 1.165) is 24.8 Å². The van der Waals surface area contributed by atoms with E-state index in [0.29, 0.717) is 0 Å². The fraction of sp³-hybridized carbons (Fsp3) is 0.316. The second kappa shape index (κ2) is 9.84. The Kier molecular flexibility index (Phi) is 7.51. The lowest BCUT2D eigenvalue weighted by Gasteiger charge is -2.19. The fourth-order valence-electron chi connectivity index (χ4n) is 2.38. The Balaban J connectivity index is 1.80. The Hall–Kier alpha value is -2.71. The Morgan fingerprint density at radius 1 is 1.19 bits per heavy atom. The van der Waals surface area contributed by atoms with Crippen LogP contribution in [0.4, 0.5) is 13.6 Å². The van der Waals surface area contributed by atoms with Gasteiger partial charge in [-0.3, -0.25) is 0 Å². The molecular formula is C19H21F2NO5. The number of carbonyl (C=O) groups excluding carboxylic acids is 1. The monoisotopic (exact) mass is 381 g/mol. The van der Waals surface area contributed by atoms with Crippen molar-refractivity contribution in [3.05, 3.63) is 65.2 Å². The molecule has 1 amide bonds. The van der Waals surface area contributed by atoms with Crippen LogP contribution in [-0.2, 0) is 11.3 Å². The topological polar surface area (TPSA) is 88.0 Å². The first-order chi connectivity index (χ1) is 12.9. The number of aliphatic hydroxyl groups excluding tert-OH is 2. The van der Waals surface area contributed by atoms with Crippen molar-refractivity contribution in [1.82, 2.24) is 5.32 Å². The highest BCUT2D eigenvalue weighted by Crippen LogP contribution is 2.27. The zero-order chi connectivity index (χ0) is 19.8. The van der Waals surface area contributed by atoms with Crippen molar-refractivity contribution >= 4 is 6.09 Å². The van der Waals surface area contributed by atoms with Crippen molar-refractivity contribution < 1.29 is 33.3 Å². The van der Waals surface area contributed by atoms with E-state index in [1.165, 1.54) is 0 Å². The van der Waals surface area contributed by atoms with E-state index in [-0.39, 0.29) is 30.9 Å². The van der Waals surface area contributed by atoms with Crippen LogP contribution in [0, 0.1) is 11.6 Å². The van der Waals surface area contributed by atoms with E-state index in [1.54, 1.807) is 0 Å². The molecule has 2 unspecified atom stereocenters. The highest BCUT2D eigenvalue weighted by atomic mass is 19.2. The Morgan fingerprint density at radius 2 is 1.89 bits per heavy atom. The van der Waals surface area contributed by atoms with Gasteiger partial charge in [0.05, 0.1) is 13.2 Å². The Labute approximate surface area is 155 Å². The van der Waals surface area contributed by atoms with E-state index in [1.807, 2.05) is 30.3 Å². The molecule has 0 aliphatic carbocycles. The summed E-state index contributed by atoms with van der Waals surface area (Å²) in [6.07, 6.45) is -3.48. The van der Waals surface area contributed by atoms with Crippen LogP contribution in [0.25, 0.3) is 0 Å². The summed E-state index contributed by atoms with van der Waals surface area (Å²) in [7, 11) is 1.16. The molecule has 0 bridgehead atoms. The molecule has 0 fully saturated rings. The minimum atomic E-state index is -1.48. The van der Waals surface area contributed by atoms with Crippen LogP contribution in [0.1, 0.15) is 23.7 Å². The normalized spacial score (nSPS) is 12.9. The maximum absolute atomic E-state index is 13.5. The van der Waals surface area contributed by atoms with Gasteiger partial charge in [0.25, 0.3) is 0 Å². The van der Waals surface area contributed by atoms with E-state index < -0.39 is 29.9 Å². The summed E-state index contributed by atoms with van der Waals surface area (Å²) in [5.74, 6) is -2.75. The lowest BCUT2D eigenvalue weighted by Crippen LogP contribution is -2.29. The lowest BCUT2D eigenvalue weighted by molar-refractivity contribution is 0.0133. The molecule has 2 aromatic rings. The molecule has 8 heteroatoms. The van der Waals surface area contributed by atoms with Crippen molar-refractivity contribution in [2.24, 2.45) is 0 Å². The van der Waals surface area contributed by atoms with Crippen LogP contribution in [-0.4, -0.2) is 36.1 Å². The fourth-order valence-corrected chi connectivity index (χ4v) is 2.38. The van der Waals surface area contributed by atoms with Gasteiger partial charge < -0.3 is 25.0 Å². The maximum Gasteiger partial charge on any atom is 0.407 e. The average molecular weight is 381 g/mol. The third-order valence-corrected chi connectivity index (χ3v) is 3.87. The Bertz CT molecular complexity index is 757. The number of amides is 1. The van der Waals surface area contributed by atoms with Crippen LogP contribution in [0.2, 0.25) is 0 Å². The zero-order valence-corrected chi connectivity index (χ0v) is 14.7. The number of alkyl carbamates (subject to hydrolysis) is 1. The minimum Gasteiger partial charge on any atom is -0.494 e. The molecule has 2 atom stereocenters. The quantitative estimate of drug-likeness (QED) is 0.654. The number of rotatable bonds is 8. The SMILES string of the molecule is COc1cc(C(O)C(O)CCNC(=O)OCc2ccccc2)cc(F)c1F. The maximum atomic E-state index is 13.5. The van der Waals surface area contributed by atoms with Crippen LogP contribution in [0.5, 0.6) is 5.75 Å². The molecule has 0 spiro atoms. The average Bonchev–Trinajstić information content (AvgIpc) is 2.68. The molecule has 0 radical (unpaired) electrons. The van der Waals surface area contributed by atoms with Gasteiger partial charge in [0.15, 0.2) is 11.6 Å². The number of halogens is 2. The molecule has 146 valence electrons. The van der Waals surface area contributed by atoms with Crippen molar-refractivity contribution in [2.75, 3.05) is 13.7 Å².